The number of guanidine groups is 1. The van der Waals surface area contributed by atoms with E-state index in [1.54, 1.807) is 0 Å². The minimum Gasteiger partial charge on any atom is -0.356 e. The Morgan fingerprint density at radius 3 is 2.58 bits per heavy atom. The third kappa shape index (κ3) is 7.13. The molecule has 136 valence electrons. The quantitative estimate of drug-likeness (QED) is 0.396. The highest BCUT2D eigenvalue weighted by Gasteiger charge is 2.21. The molecule has 0 saturated carbocycles. The third-order valence-corrected chi connectivity index (χ3v) is 4.58. The van der Waals surface area contributed by atoms with Crippen LogP contribution < -0.4 is 10.6 Å². The van der Waals surface area contributed by atoms with Crippen LogP contribution in [0.1, 0.15) is 5.56 Å². The molecule has 0 radical (unpaired) electrons. The molecule has 0 bridgehead atoms. The van der Waals surface area contributed by atoms with Crippen LogP contribution in [0, 0.1) is 0 Å². The van der Waals surface area contributed by atoms with Crippen LogP contribution in [-0.2, 0) is 6.42 Å². The smallest absolute Gasteiger partial charge is 0.191 e. The fourth-order valence-corrected chi connectivity index (χ4v) is 2.86. The van der Waals surface area contributed by atoms with Crippen LogP contribution in [0.25, 0.3) is 0 Å². The van der Waals surface area contributed by atoms with Crippen LogP contribution in [0.15, 0.2) is 29.3 Å². The molecular weight excluding hydrogens is 437 g/mol. The molecule has 0 aliphatic carbocycles. The van der Waals surface area contributed by atoms with Gasteiger partial charge in [0.2, 0.25) is 0 Å². The van der Waals surface area contributed by atoms with E-state index in [2.05, 4.69) is 51.7 Å². The molecule has 5 nitrogen and oxygen atoms in total. The Kier molecular flexibility index (Phi) is 9.95. The Morgan fingerprint density at radius 2 is 1.92 bits per heavy atom. The molecule has 1 atom stereocenters. The zero-order valence-corrected chi connectivity index (χ0v) is 17.8. The summed E-state index contributed by atoms with van der Waals surface area (Å²) >= 11 is 5.90. The van der Waals surface area contributed by atoms with Crippen molar-refractivity contribution < 1.29 is 0 Å². The summed E-state index contributed by atoms with van der Waals surface area (Å²) in [7, 11) is 6.18. The molecule has 7 heteroatoms. The molecule has 0 aromatic heterocycles. The fraction of sp³-hybridized carbons (Fsp3) is 0.588. The molecule has 1 aromatic rings. The minimum atomic E-state index is 0. The first-order chi connectivity index (χ1) is 11.1. The van der Waals surface area contributed by atoms with Crippen molar-refractivity contribution >= 4 is 41.5 Å². The Balaban J connectivity index is 0.00000288. The number of hydrogen-bond acceptors (Lipinski definition) is 3. The van der Waals surface area contributed by atoms with Crippen molar-refractivity contribution in [1.82, 2.24) is 20.4 Å². The van der Waals surface area contributed by atoms with Gasteiger partial charge in [-0.15, -0.1) is 24.0 Å². The summed E-state index contributed by atoms with van der Waals surface area (Å²) < 4.78 is 0. The topological polar surface area (TPSA) is 42.9 Å². The van der Waals surface area contributed by atoms with E-state index in [4.69, 9.17) is 11.6 Å². The number of nitrogens with one attached hydrogen (secondary N) is 2. The summed E-state index contributed by atoms with van der Waals surface area (Å²) in [6, 6.07) is 8.50. The second kappa shape index (κ2) is 11.1. The van der Waals surface area contributed by atoms with E-state index in [0.717, 1.165) is 50.1 Å². The van der Waals surface area contributed by atoms with Crippen molar-refractivity contribution in [2.24, 2.45) is 4.99 Å². The first-order valence-electron chi connectivity index (χ1n) is 8.16. The molecule has 24 heavy (non-hydrogen) atoms. The van der Waals surface area contributed by atoms with E-state index in [9.17, 15) is 0 Å². The maximum Gasteiger partial charge on any atom is 0.191 e. The number of rotatable bonds is 5. The predicted molar refractivity (Wildman–Crippen MR) is 114 cm³/mol. The highest BCUT2D eigenvalue weighted by Crippen LogP contribution is 2.09. The number of halogens is 2. The van der Waals surface area contributed by atoms with Gasteiger partial charge in [-0.25, -0.2) is 0 Å². The standard InChI is InChI=1S/C17H28ClN5.HI/c1-19-17(20-9-8-14-4-6-15(18)7-5-14)21-12-16-13-22(2)10-11-23(16)3;/h4-7,16H,8-13H2,1-3H3,(H2,19,20,21);1H. The van der Waals surface area contributed by atoms with Gasteiger partial charge in [0.1, 0.15) is 0 Å². The summed E-state index contributed by atoms with van der Waals surface area (Å²) in [6.45, 7) is 5.10. The van der Waals surface area contributed by atoms with Crippen molar-refractivity contribution in [3.05, 3.63) is 34.9 Å². The van der Waals surface area contributed by atoms with E-state index < -0.39 is 0 Å². The average molecular weight is 466 g/mol. The second-order valence-electron chi connectivity index (χ2n) is 6.15. The maximum atomic E-state index is 5.90. The molecular formula is C17H29ClIN5. The Morgan fingerprint density at radius 1 is 1.21 bits per heavy atom. The fourth-order valence-electron chi connectivity index (χ4n) is 2.73. The maximum absolute atomic E-state index is 5.90. The summed E-state index contributed by atoms with van der Waals surface area (Å²) in [5.74, 6) is 0.862. The largest absolute Gasteiger partial charge is 0.356 e. The summed E-state index contributed by atoms with van der Waals surface area (Å²) in [4.78, 5) is 9.09. The molecule has 1 heterocycles. The second-order valence-corrected chi connectivity index (χ2v) is 6.59. The van der Waals surface area contributed by atoms with Gasteiger partial charge in [0.15, 0.2) is 5.96 Å². The molecule has 1 unspecified atom stereocenters. The van der Waals surface area contributed by atoms with Crippen LogP contribution in [0.4, 0.5) is 0 Å². The van der Waals surface area contributed by atoms with Gasteiger partial charge in [-0.2, -0.15) is 0 Å². The molecule has 2 N–H and O–H groups in total. The van der Waals surface area contributed by atoms with Crippen molar-refractivity contribution in [3.8, 4) is 0 Å². The van der Waals surface area contributed by atoms with Gasteiger partial charge in [0.25, 0.3) is 0 Å². The molecule has 2 rings (SSSR count). The Labute approximate surface area is 167 Å². The molecule has 0 spiro atoms. The monoisotopic (exact) mass is 465 g/mol. The lowest BCUT2D eigenvalue weighted by Gasteiger charge is -2.37. The SMILES string of the molecule is CN=C(NCCc1ccc(Cl)cc1)NCC1CN(C)CCN1C.I. The van der Waals surface area contributed by atoms with Crippen molar-refractivity contribution in [2.75, 3.05) is 53.9 Å². The van der Waals surface area contributed by atoms with Crippen molar-refractivity contribution in [1.29, 1.82) is 0 Å². The zero-order chi connectivity index (χ0) is 16.7. The van der Waals surface area contributed by atoms with Crippen LogP contribution in [-0.4, -0.2) is 75.7 Å². The number of likely N-dealkylation sites (N-methyl/N-ethyl adjacent to an activating group) is 2. The van der Waals surface area contributed by atoms with Crippen LogP contribution in [0.5, 0.6) is 0 Å². The minimum absolute atomic E-state index is 0. The average Bonchev–Trinajstić information content (AvgIpc) is 2.55. The van der Waals surface area contributed by atoms with Crippen LogP contribution in [0.2, 0.25) is 5.02 Å². The Bertz CT molecular complexity index is 508. The van der Waals surface area contributed by atoms with E-state index >= 15 is 0 Å². The van der Waals surface area contributed by atoms with Crippen molar-refractivity contribution in [3.63, 3.8) is 0 Å². The molecule has 1 saturated heterocycles. The summed E-state index contributed by atoms with van der Waals surface area (Å²) in [5, 5.41) is 7.59. The van der Waals surface area contributed by atoms with Gasteiger partial charge < -0.3 is 15.5 Å². The van der Waals surface area contributed by atoms with Crippen LogP contribution >= 0.6 is 35.6 Å². The highest BCUT2D eigenvalue weighted by molar-refractivity contribution is 14.0. The number of benzene rings is 1. The van der Waals surface area contributed by atoms with Gasteiger partial charge in [-0.3, -0.25) is 9.89 Å². The first kappa shape index (κ1) is 21.5. The van der Waals surface area contributed by atoms with Gasteiger partial charge in [-0.05, 0) is 38.2 Å². The first-order valence-corrected chi connectivity index (χ1v) is 8.54. The molecule has 1 aliphatic rings. The zero-order valence-electron chi connectivity index (χ0n) is 14.8. The van der Waals surface area contributed by atoms with Gasteiger partial charge in [0, 0.05) is 50.8 Å². The third-order valence-electron chi connectivity index (χ3n) is 4.33. The lowest BCUT2D eigenvalue weighted by Crippen LogP contribution is -2.55. The van der Waals surface area contributed by atoms with E-state index in [-0.39, 0.29) is 24.0 Å². The van der Waals surface area contributed by atoms with Gasteiger partial charge in [0.05, 0.1) is 0 Å². The number of hydrogen-bond donors (Lipinski definition) is 2. The van der Waals surface area contributed by atoms with Gasteiger partial charge in [-0.1, -0.05) is 23.7 Å². The van der Waals surface area contributed by atoms with E-state index in [0.29, 0.717) is 6.04 Å². The normalized spacial score (nSPS) is 19.7. The molecule has 0 amide bonds. The summed E-state index contributed by atoms with van der Waals surface area (Å²) in [6.07, 6.45) is 0.948. The van der Waals surface area contributed by atoms with Crippen molar-refractivity contribution in [2.45, 2.75) is 12.5 Å². The number of piperazine rings is 1. The number of nitrogens with zero attached hydrogens (tertiary/aromatic N) is 3. The molecule has 1 aromatic carbocycles. The summed E-state index contributed by atoms with van der Waals surface area (Å²) in [5.41, 5.74) is 1.27. The highest BCUT2D eigenvalue weighted by atomic mass is 127. The van der Waals surface area contributed by atoms with Gasteiger partial charge >= 0.3 is 0 Å². The molecule has 1 fully saturated rings. The Hall–Kier alpha value is -0.570. The molecule has 1 aliphatic heterocycles. The van der Waals surface area contributed by atoms with E-state index in [1.165, 1.54) is 5.56 Å². The van der Waals surface area contributed by atoms with E-state index in [1.807, 2.05) is 19.2 Å². The number of aliphatic imine (C=N–C) groups is 1. The lowest BCUT2D eigenvalue weighted by atomic mass is 10.1. The lowest BCUT2D eigenvalue weighted by molar-refractivity contribution is 0.116. The van der Waals surface area contributed by atoms with Crippen LogP contribution in [0.3, 0.4) is 0 Å². The predicted octanol–water partition coefficient (Wildman–Crippen LogP) is 1.91.